The summed E-state index contributed by atoms with van der Waals surface area (Å²) in [5, 5.41) is 9.00. The SMILES string of the molecule is CCC(=O)/C=C/c1nn(C)c2ccnc(NC3CCOCC3)c12. The van der Waals surface area contributed by atoms with Crippen molar-refractivity contribution in [3.05, 3.63) is 24.0 Å². The average molecular weight is 314 g/mol. The Morgan fingerprint density at radius 3 is 3.00 bits per heavy atom. The van der Waals surface area contributed by atoms with E-state index in [-0.39, 0.29) is 5.78 Å². The monoisotopic (exact) mass is 314 g/mol. The Labute approximate surface area is 135 Å². The first-order chi connectivity index (χ1) is 11.2. The summed E-state index contributed by atoms with van der Waals surface area (Å²) in [6.07, 6.45) is 7.59. The molecule has 1 saturated heterocycles. The molecule has 3 heterocycles. The molecule has 0 aromatic carbocycles. The molecule has 0 radical (unpaired) electrons. The zero-order valence-corrected chi connectivity index (χ0v) is 13.6. The number of pyridine rings is 1. The highest BCUT2D eigenvalue weighted by molar-refractivity contribution is 5.99. The maximum absolute atomic E-state index is 11.6. The van der Waals surface area contributed by atoms with Crippen LogP contribution in [0.15, 0.2) is 18.3 Å². The highest BCUT2D eigenvalue weighted by Crippen LogP contribution is 2.27. The maximum atomic E-state index is 11.6. The Bertz CT molecular complexity index is 730. The molecule has 122 valence electrons. The number of allylic oxidation sites excluding steroid dienone is 1. The van der Waals surface area contributed by atoms with Gasteiger partial charge in [-0.3, -0.25) is 9.48 Å². The molecule has 23 heavy (non-hydrogen) atoms. The number of nitrogens with zero attached hydrogens (tertiary/aromatic N) is 3. The van der Waals surface area contributed by atoms with Crippen LogP contribution in [0, 0.1) is 0 Å². The van der Waals surface area contributed by atoms with Crippen LogP contribution in [-0.2, 0) is 16.6 Å². The lowest BCUT2D eigenvalue weighted by atomic mass is 10.1. The summed E-state index contributed by atoms with van der Waals surface area (Å²) in [6, 6.07) is 2.30. The number of anilines is 1. The third-order valence-electron chi connectivity index (χ3n) is 4.13. The molecular formula is C17H22N4O2. The van der Waals surface area contributed by atoms with Gasteiger partial charge >= 0.3 is 0 Å². The highest BCUT2D eigenvalue weighted by Gasteiger charge is 2.18. The first kappa shape index (κ1) is 15.7. The molecule has 3 rings (SSSR count). The highest BCUT2D eigenvalue weighted by atomic mass is 16.5. The van der Waals surface area contributed by atoms with E-state index in [1.165, 1.54) is 0 Å². The maximum Gasteiger partial charge on any atom is 0.155 e. The lowest BCUT2D eigenvalue weighted by molar-refractivity contribution is -0.114. The Kier molecular flexibility index (Phi) is 4.71. The van der Waals surface area contributed by atoms with Gasteiger partial charge in [-0.25, -0.2) is 4.98 Å². The quantitative estimate of drug-likeness (QED) is 0.859. The number of carbonyl (C=O) groups is 1. The third kappa shape index (κ3) is 3.42. The zero-order valence-electron chi connectivity index (χ0n) is 13.6. The van der Waals surface area contributed by atoms with Gasteiger partial charge in [-0.15, -0.1) is 0 Å². The van der Waals surface area contributed by atoms with Gasteiger partial charge in [0.15, 0.2) is 5.78 Å². The van der Waals surface area contributed by atoms with Crippen molar-refractivity contribution in [2.45, 2.75) is 32.2 Å². The third-order valence-corrected chi connectivity index (χ3v) is 4.13. The van der Waals surface area contributed by atoms with Crippen LogP contribution >= 0.6 is 0 Å². The number of ether oxygens (including phenoxy) is 1. The minimum absolute atomic E-state index is 0.0895. The molecule has 2 aromatic rings. The fourth-order valence-corrected chi connectivity index (χ4v) is 2.79. The van der Waals surface area contributed by atoms with Gasteiger partial charge in [-0.1, -0.05) is 6.92 Å². The smallest absolute Gasteiger partial charge is 0.155 e. The van der Waals surface area contributed by atoms with Gasteiger partial charge in [0.25, 0.3) is 0 Å². The van der Waals surface area contributed by atoms with Crippen molar-refractivity contribution in [3.63, 3.8) is 0 Å². The molecule has 0 unspecified atom stereocenters. The predicted molar refractivity (Wildman–Crippen MR) is 90.3 cm³/mol. The van der Waals surface area contributed by atoms with Crippen molar-refractivity contribution in [3.8, 4) is 0 Å². The second-order valence-corrected chi connectivity index (χ2v) is 5.75. The van der Waals surface area contributed by atoms with E-state index in [0.717, 1.165) is 48.5 Å². The van der Waals surface area contributed by atoms with Crippen molar-refractivity contribution >= 4 is 28.6 Å². The Morgan fingerprint density at radius 2 is 2.26 bits per heavy atom. The van der Waals surface area contributed by atoms with E-state index in [9.17, 15) is 4.79 Å². The normalized spacial score (nSPS) is 16.3. The number of rotatable bonds is 5. The van der Waals surface area contributed by atoms with Crippen LogP contribution in [0.5, 0.6) is 0 Å². The Morgan fingerprint density at radius 1 is 1.48 bits per heavy atom. The van der Waals surface area contributed by atoms with Crippen LogP contribution < -0.4 is 5.32 Å². The van der Waals surface area contributed by atoms with E-state index in [1.54, 1.807) is 18.3 Å². The first-order valence-corrected chi connectivity index (χ1v) is 8.06. The van der Waals surface area contributed by atoms with Crippen LogP contribution in [0.3, 0.4) is 0 Å². The van der Waals surface area contributed by atoms with Crippen LogP contribution in [-0.4, -0.2) is 39.8 Å². The second-order valence-electron chi connectivity index (χ2n) is 5.75. The molecule has 0 atom stereocenters. The van der Waals surface area contributed by atoms with Crippen LogP contribution in [0.1, 0.15) is 31.9 Å². The lowest BCUT2D eigenvalue weighted by Gasteiger charge is -2.23. The first-order valence-electron chi connectivity index (χ1n) is 8.06. The number of aromatic nitrogens is 3. The second kappa shape index (κ2) is 6.91. The topological polar surface area (TPSA) is 69.0 Å². The van der Waals surface area contributed by atoms with Crippen LogP contribution in [0.25, 0.3) is 17.0 Å². The zero-order chi connectivity index (χ0) is 16.2. The van der Waals surface area contributed by atoms with Gasteiger partial charge in [0.1, 0.15) is 5.82 Å². The lowest BCUT2D eigenvalue weighted by Crippen LogP contribution is -2.28. The summed E-state index contributed by atoms with van der Waals surface area (Å²) in [5.74, 6) is 0.915. The van der Waals surface area contributed by atoms with Crippen molar-refractivity contribution in [2.24, 2.45) is 7.05 Å². The van der Waals surface area contributed by atoms with E-state index < -0.39 is 0 Å². The molecule has 1 fully saturated rings. The molecule has 0 bridgehead atoms. The van der Waals surface area contributed by atoms with Crippen molar-refractivity contribution in [1.82, 2.24) is 14.8 Å². The molecule has 0 spiro atoms. The van der Waals surface area contributed by atoms with Crippen molar-refractivity contribution < 1.29 is 9.53 Å². The van der Waals surface area contributed by atoms with Gasteiger partial charge in [0.2, 0.25) is 0 Å². The number of fused-ring (bicyclic) bond motifs is 1. The summed E-state index contributed by atoms with van der Waals surface area (Å²) in [5.41, 5.74) is 1.77. The van der Waals surface area contributed by atoms with Gasteiger partial charge < -0.3 is 10.1 Å². The molecular weight excluding hydrogens is 292 g/mol. The van der Waals surface area contributed by atoms with Crippen molar-refractivity contribution in [1.29, 1.82) is 0 Å². The minimum atomic E-state index is 0.0895. The number of aryl methyl sites for hydroxylation is 1. The molecule has 2 aromatic heterocycles. The van der Waals surface area contributed by atoms with E-state index >= 15 is 0 Å². The number of ketones is 1. The summed E-state index contributed by atoms with van der Waals surface area (Å²) < 4.78 is 7.23. The molecule has 1 aliphatic heterocycles. The standard InChI is InChI=1S/C17H22N4O2/c1-3-13(22)4-5-14-16-15(21(2)20-14)6-9-18-17(16)19-12-7-10-23-11-8-12/h4-6,9,12H,3,7-8,10-11H2,1-2H3,(H,18,19)/b5-4+. The largest absolute Gasteiger partial charge is 0.381 e. The molecule has 6 heteroatoms. The van der Waals surface area contributed by atoms with E-state index in [0.29, 0.717) is 12.5 Å². The van der Waals surface area contributed by atoms with E-state index in [4.69, 9.17) is 4.74 Å². The van der Waals surface area contributed by atoms with Gasteiger partial charge in [-0.2, -0.15) is 5.10 Å². The molecule has 6 nitrogen and oxygen atoms in total. The Hall–Kier alpha value is -2.21. The van der Waals surface area contributed by atoms with Gasteiger partial charge in [0, 0.05) is 38.9 Å². The van der Waals surface area contributed by atoms with Crippen LogP contribution in [0.2, 0.25) is 0 Å². The summed E-state index contributed by atoms with van der Waals surface area (Å²) in [4.78, 5) is 16.1. The fourth-order valence-electron chi connectivity index (χ4n) is 2.79. The Balaban J connectivity index is 1.97. The summed E-state index contributed by atoms with van der Waals surface area (Å²) in [6.45, 7) is 3.40. The molecule has 1 N–H and O–H groups in total. The summed E-state index contributed by atoms with van der Waals surface area (Å²) in [7, 11) is 1.90. The van der Waals surface area contributed by atoms with Crippen molar-refractivity contribution in [2.75, 3.05) is 18.5 Å². The average Bonchev–Trinajstić information content (AvgIpc) is 2.91. The number of carbonyl (C=O) groups excluding carboxylic acids is 1. The van der Waals surface area contributed by atoms with Gasteiger partial charge in [-0.05, 0) is 31.1 Å². The number of nitrogens with one attached hydrogen (secondary N) is 1. The molecule has 1 aliphatic rings. The van der Waals surface area contributed by atoms with Crippen LogP contribution in [0.4, 0.5) is 5.82 Å². The number of hydrogen-bond donors (Lipinski definition) is 1. The molecule has 0 saturated carbocycles. The number of hydrogen-bond acceptors (Lipinski definition) is 5. The van der Waals surface area contributed by atoms with E-state index in [2.05, 4.69) is 15.4 Å². The van der Waals surface area contributed by atoms with E-state index in [1.807, 2.05) is 24.7 Å². The molecule has 0 amide bonds. The minimum Gasteiger partial charge on any atom is -0.381 e. The fraction of sp³-hybridized carbons (Fsp3) is 0.471. The summed E-state index contributed by atoms with van der Waals surface area (Å²) >= 11 is 0. The predicted octanol–water partition coefficient (Wildman–Crippen LogP) is 2.55. The molecule has 0 aliphatic carbocycles. The van der Waals surface area contributed by atoms with Gasteiger partial charge in [0.05, 0.1) is 16.6 Å².